The Labute approximate surface area is 164 Å². The molecule has 1 amide bonds. The second kappa shape index (κ2) is 10.7. The smallest absolute Gasteiger partial charge is 0.387 e. The summed E-state index contributed by atoms with van der Waals surface area (Å²) in [6.07, 6.45) is 1.97. The van der Waals surface area contributed by atoms with Crippen LogP contribution in [0.25, 0.3) is 0 Å². The molecule has 0 radical (unpaired) electrons. The predicted molar refractivity (Wildman–Crippen MR) is 106 cm³/mol. The van der Waals surface area contributed by atoms with Gasteiger partial charge in [-0.15, -0.1) is 0 Å². The van der Waals surface area contributed by atoms with Gasteiger partial charge in [-0.2, -0.15) is 8.78 Å². The van der Waals surface area contributed by atoms with Gasteiger partial charge in [0.15, 0.2) is 5.96 Å². The number of guanidine groups is 1. The first-order valence-electron chi connectivity index (χ1n) is 9.44. The van der Waals surface area contributed by atoms with Crippen molar-refractivity contribution in [1.29, 1.82) is 0 Å². The Kier molecular flexibility index (Phi) is 8.28. The summed E-state index contributed by atoms with van der Waals surface area (Å²) in [6.45, 7) is 1.58. The number of aliphatic imine (C=N–C) groups is 1. The zero-order valence-electron chi connectivity index (χ0n) is 16.6. The van der Waals surface area contributed by atoms with Crippen LogP contribution in [0.2, 0.25) is 0 Å². The Bertz CT molecular complexity index is 652. The molecule has 9 heteroatoms. The molecule has 0 bridgehead atoms. The van der Waals surface area contributed by atoms with Gasteiger partial charge in [0.05, 0.1) is 0 Å². The highest BCUT2D eigenvalue weighted by Crippen LogP contribution is 2.23. The number of rotatable bonds is 7. The average molecular weight is 397 g/mol. The van der Waals surface area contributed by atoms with Crippen molar-refractivity contribution in [2.45, 2.75) is 32.4 Å². The minimum atomic E-state index is -2.82. The molecule has 0 saturated carbocycles. The van der Waals surface area contributed by atoms with Crippen molar-refractivity contribution in [3.8, 4) is 5.75 Å². The predicted octanol–water partition coefficient (Wildman–Crippen LogP) is 1.90. The lowest BCUT2D eigenvalue weighted by molar-refractivity contribution is -0.127. The number of alkyl halides is 2. The maximum atomic E-state index is 12.3. The number of nitrogens with zero attached hydrogens (tertiary/aromatic N) is 3. The van der Waals surface area contributed by atoms with Gasteiger partial charge in [0.1, 0.15) is 12.3 Å². The number of amides is 1. The first kappa shape index (κ1) is 21.7. The van der Waals surface area contributed by atoms with Crippen molar-refractivity contribution >= 4 is 17.6 Å². The third-order valence-corrected chi connectivity index (χ3v) is 4.40. The first-order valence-corrected chi connectivity index (χ1v) is 9.44. The van der Waals surface area contributed by atoms with Crippen LogP contribution in [0.3, 0.4) is 0 Å². The molecule has 1 aliphatic rings. The van der Waals surface area contributed by atoms with E-state index in [1.54, 1.807) is 38.4 Å². The first-order chi connectivity index (χ1) is 13.4. The summed E-state index contributed by atoms with van der Waals surface area (Å²) in [5, 5.41) is 6.56. The molecule has 1 atom stereocenters. The van der Waals surface area contributed by atoms with Gasteiger partial charge >= 0.3 is 6.61 Å². The fourth-order valence-corrected chi connectivity index (χ4v) is 2.97. The second-order valence-electron chi connectivity index (χ2n) is 6.79. The van der Waals surface area contributed by atoms with Gasteiger partial charge in [0.2, 0.25) is 5.91 Å². The Morgan fingerprint density at radius 3 is 2.68 bits per heavy atom. The largest absolute Gasteiger partial charge is 0.435 e. The fraction of sp³-hybridized carbons (Fsp3) is 0.579. The summed E-state index contributed by atoms with van der Waals surface area (Å²) in [6, 6.07) is 6.84. The number of benzene rings is 1. The van der Waals surface area contributed by atoms with E-state index >= 15 is 0 Å². The molecule has 1 saturated heterocycles. The topological polar surface area (TPSA) is 69.2 Å². The molecule has 2 N–H and O–H groups in total. The normalized spacial score (nSPS) is 17.4. The molecule has 0 aliphatic carbocycles. The fourth-order valence-electron chi connectivity index (χ4n) is 2.97. The molecule has 1 fully saturated rings. The van der Waals surface area contributed by atoms with E-state index in [1.165, 1.54) is 4.90 Å². The lowest BCUT2D eigenvalue weighted by atomic mass is 10.0. The van der Waals surface area contributed by atoms with Crippen LogP contribution in [-0.4, -0.2) is 69.7 Å². The molecule has 156 valence electrons. The van der Waals surface area contributed by atoms with E-state index in [0.717, 1.165) is 31.6 Å². The number of carbonyl (C=O) groups excluding carboxylic acids is 1. The SMILES string of the molecule is CCNC(=NCC(=O)N(C)C)NC1CCCN(c2ccc(OC(F)F)cc2)C1. The summed E-state index contributed by atoms with van der Waals surface area (Å²) >= 11 is 0. The van der Waals surface area contributed by atoms with Crippen LogP contribution in [0.5, 0.6) is 5.75 Å². The standard InChI is InChI=1S/C19H29F2N5O2/c1-4-22-19(23-12-17(27)25(2)3)24-14-6-5-11-26(13-14)15-7-9-16(10-8-15)28-18(20)21/h7-10,14,18H,4-6,11-13H2,1-3H3,(H2,22,23,24). The molecule has 1 unspecified atom stereocenters. The van der Waals surface area contributed by atoms with Crippen LogP contribution in [0.15, 0.2) is 29.3 Å². The molecule has 1 aromatic carbocycles. The molecule has 7 nitrogen and oxygen atoms in total. The van der Waals surface area contributed by atoms with E-state index in [0.29, 0.717) is 12.5 Å². The van der Waals surface area contributed by atoms with Crippen LogP contribution in [0.4, 0.5) is 14.5 Å². The number of piperidine rings is 1. The minimum absolute atomic E-state index is 0.0615. The van der Waals surface area contributed by atoms with E-state index in [2.05, 4.69) is 25.3 Å². The Balaban J connectivity index is 1.97. The quantitative estimate of drug-likeness (QED) is 0.543. The van der Waals surface area contributed by atoms with Gasteiger partial charge in [-0.05, 0) is 44.0 Å². The highest BCUT2D eigenvalue weighted by Gasteiger charge is 2.21. The van der Waals surface area contributed by atoms with E-state index in [4.69, 9.17) is 0 Å². The third kappa shape index (κ3) is 6.86. The number of nitrogens with one attached hydrogen (secondary N) is 2. The van der Waals surface area contributed by atoms with Gasteiger partial charge in [-0.25, -0.2) is 4.99 Å². The Hall–Kier alpha value is -2.58. The maximum Gasteiger partial charge on any atom is 0.387 e. The number of anilines is 1. The Morgan fingerprint density at radius 2 is 2.07 bits per heavy atom. The van der Waals surface area contributed by atoms with Gasteiger partial charge < -0.3 is 25.2 Å². The van der Waals surface area contributed by atoms with Gasteiger partial charge in [-0.3, -0.25) is 4.79 Å². The van der Waals surface area contributed by atoms with E-state index in [-0.39, 0.29) is 24.2 Å². The second-order valence-corrected chi connectivity index (χ2v) is 6.79. The van der Waals surface area contributed by atoms with Gasteiger partial charge in [0, 0.05) is 45.5 Å². The van der Waals surface area contributed by atoms with Crippen molar-refractivity contribution in [3.05, 3.63) is 24.3 Å². The highest BCUT2D eigenvalue weighted by molar-refractivity contribution is 5.85. The molecular formula is C19H29F2N5O2. The number of ether oxygens (including phenoxy) is 1. The van der Waals surface area contributed by atoms with Crippen LogP contribution < -0.4 is 20.3 Å². The van der Waals surface area contributed by atoms with Crippen molar-refractivity contribution in [3.63, 3.8) is 0 Å². The van der Waals surface area contributed by atoms with Gasteiger partial charge in [0.25, 0.3) is 0 Å². The van der Waals surface area contributed by atoms with Crippen LogP contribution in [-0.2, 0) is 4.79 Å². The van der Waals surface area contributed by atoms with Crippen molar-refractivity contribution in [2.75, 3.05) is 45.2 Å². The maximum absolute atomic E-state index is 12.3. The number of hydrogen-bond acceptors (Lipinski definition) is 4. The zero-order valence-corrected chi connectivity index (χ0v) is 16.6. The monoisotopic (exact) mass is 397 g/mol. The molecule has 1 aromatic rings. The molecule has 0 spiro atoms. The molecule has 0 aromatic heterocycles. The van der Waals surface area contributed by atoms with Crippen LogP contribution in [0, 0.1) is 0 Å². The summed E-state index contributed by atoms with van der Waals surface area (Å²) in [5.41, 5.74) is 0.956. The minimum Gasteiger partial charge on any atom is -0.435 e. The highest BCUT2D eigenvalue weighted by atomic mass is 19.3. The molecule has 1 aliphatic heterocycles. The number of hydrogen-bond donors (Lipinski definition) is 2. The number of likely N-dealkylation sites (N-methyl/N-ethyl adjacent to an activating group) is 1. The summed E-state index contributed by atoms with van der Waals surface area (Å²) in [4.78, 5) is 19.8. The lowest BCUT2D eigenvalue weighted by Crippen LogP contribution is -2.51. The van der Waals surface area contributed by atoms with E-state index in [9.17, 15) is 13.6 Å². The van der Waals surface area contributed by atoms with Crippen molar-refractivity contribution < 1.29 is 18.3 Å². The zero-order chi connectivity index (χ0) is 20.5. The van der Waals surface area contributed by atoms with Crippen LogP contribution >= 0.6 is 0 Å². The number of carbonyl (C=O) groups is 1. The van der Waals surface area contributed by atoms with Crippen LogP contribution in [0.1, 0.15) is 19.8 Å². The third-order valence-electron chi connectivity index (χ3n) is 4.40. The van der Waals surface area contributed by atoms with Crippen molar-refractivity contribution in [1.82, 2.24) is 15.5 Å². The molecule has 2 rings (SSSR count). The summed E-state index contributed by atoms with van der Waals surface area (Å²) in [5.74, 6) is 0.705. The Morgan fingerprint density at radius 1 is 1.36 bits per heavy atom. The van der Waals surface area contributed by atoms with Crippen molar-refractivity contribution in [2.24, 2.45) is 4.99 Å². The summed E-state index contributed by atoms with van der Waals surface area (Å²) in [7, 11) is 3.41. The lowest BCUT2D eigenvalue weighted by Gasteiger charge is -2.35. The molecule has 1 heterocycles. The van der Waals surface area contributed by atoms with E-state index < -0.39 is 6.61 Å². The number of halogens is 2. The molecule has 28 heavy (non-hydrogen) atoms. The average Bonchev–Trinajstić information content (AvgIpc) is 2.66. The van der Waals surface area contributed by atoms with E-state index in [1.807, 2.05) is 6.92 Å². The van der Waals surface area contributed by atoms with Gasteiger partial charge in [-0.1, -0.05) is 0 Å². The summed E-state index contributed by atoms with van der Waals surface area (Å²) < 4.78 is 29.0. The molecular weight excluding hydrogens is 368 g/mol.